The summed E-state index contributed by atoms with van der Waals surface area (Å²) in [5, 5.41) is 13.3. The largest absolute Gasteiger partial charge is 0.419 e. The van der Waals surface area contributed by atoms with Crippen LogP contribution in [0.1, 0.15) is 13.8 Å². The molecule has 0 saturated heterocycles. The van der Waals surface area contributed by atoms with Crippen LogP contribution in [0.5, 0.6) is 5.75 Å². The summed E-state index contributed by atoms with van der Waals surface area (Å²) in [5.74, 6) is -0.333. The van der Waals surface area contributed by atoms with Gasteiger partial charge in [0.1, 0.15) is 11.6 Å². The van der Waals surface area contributed by atoms with Crippen LogP contribution in [-0.2, 0) is 11.3 Å². The average Bonchev–Trinajstić information content (AvgIpc) is 3.23. The number of aliphatic hydroxyl groups excluding tert-OH is 1. The number of aliphatic hydroxyl groups is 1. The van der Waals surface area contributed by atoms with Crippen molar-refractivity contribution in [2.45, 2.75) is 26.4 Å². The number of amides is 2. The zero-order valence-corrected chi connectivity index (χ0v) is 17.7. The summed E-state index contributed by atoms with van der Waals surface area (Å²) in [6, 6.07) is 10.4. The Labute approximate surface area is 184 Å². The number of hydrogen-bond donors (Lipinski definition) is 1. The van der Waals surface area contributed by atoms with Gasteiger partial charge < -0.3 is 14.7 Å². The summed E-state index contributed by atoms with van der Waals surface area (Å²) in [6.45, 7) is 3.92. The molecule has 1 aromatic heterocycles. The highest BCUT2D eigenvalue weighted by Gasteiger charge is 2.34. The lowest BCUT2D eigenvalue weighted by Crippen LogP contribution is -2.52. The van der Waals surface area contributed by atoms with Gasteiger partial charge in [0.15, 0.2) is 0 Å². The van der Waals surface area contributed by atoms with Gasteiger partial charge in [-0.05, 0) is 48.9 Å². The molecule has 1 unspecified atom stereocenters. The third-order valence-corrected chi connectivity index (χ3v) is 5.29. The van der Waals surface area contributed by atoms with Crippen molar-refractivity contribution in [2.75, 3.05) is 23.0 Å². The molecule has 0 aliphatic carbocycles. The van der Waals surface area contributed by atoms with E-state index in [1.807, 2.05) is 19.1 Å². The van der Waals surface area contributed by atoms with Crippen LogP contribution in [0, 0.1) is 5.82 Å². The third-order valence-electron chi connectivity index (χ3n) is 5.29. The molecule has 32 heavy (non-hydrogen) atoms. The number of aromatic nitrogens is 2. The minimum Gasteiger partial charge on any atom is -0.410 e. The molecule has 1 atom stereocenters. The summed E-state index contributed by atoms with van der Waals surface area (Å²) < 4.78 is 20.3. The average molecular weight is 438 g/mol. The van der Waals surface area contributed by atoms with E-state index in [4.69, 9.17) is 9.84 Å². The number of ether oxygens (including phenoxy) is 1. The van der Waals surface area contributed by atoms with Crippen molar-refractivity contribution in [1.82, 2.24) is 9.78 Å². The van der Waals surface area contributed by atoms with Crippen molar-refractivity contribution < 1.29 is 23.8 Å². The lowest BCUT2D eigenvalue weighted by molar-refractivity contribution is -0.117. The molecule has 1 aliphatic rings. The number of halogens is 1. The lowest BCUT2D eigenvalue weighted by atomic mass is 10.0. The maximum atomic E-state index is 13.2. The molecule has 0 radical (unpaired) electrons. The normalized spacial score (nSPS) is 15.4. The van der Waals surface area contributed by atoms with E-state index in [2.05, 4.69) is 5.10 Å². The van der Waals surface area contributed by atoms with Crippen LogP contribution in [0.2, 0.25) is 0 Å². The highest BCUT2D eigenvalue weighted by molar-refractivity contribution is 6.03. The minimum absolute atomic E-state index is 0.0280. The SMILES string of the molecule is CC(=O)N1c2ccc(-c3cnn(CCO)c3)cc2N(C(=O)Oc2ccc(F)cc2)CC1C. The van der Waals surface area contributed by atoms with Crippen LogP contribution < -0.4 is 14.5 Å². The Hall–Kier alpha value is -3.72. The molecule has 0 saturated carbocycles. The van der Waals surface area contributed by atoms with Gasteiger partial charge in [-0.25, -0.2) is 9.18 Å². The van der Waals surface area contributed by atoms with Crippen molar-refractivity contribution in [3.05, 3.63) is 60.7 Å². The van der Waals surface area contributed by atoms with E-state index in [9.17, 15) is 14.0 Å². The Bertz CT molecular complexity index is 1150. The van der Waals surface area contributed by atoms with E-state index in [-0.39, 0.29) is 30.9 Å². The Morgan fingerprint density at radius 1 is 1.16 bits per heavy atom. The van der Waals surface area contributed by atoms with Crippen LogP contribution >= 0.6 is 0 Å². The van der Waals surface area contributed by atoms with Gasteiger partial charge in [0, 0.05) is 25.2 Å². The molecule has 9 heteroatoms. The number of carbonyl (C=O) groups excluding carboxylic acids is 2. The predicted octanol–water partition coefficient (Wildman–Crippen LogP) is 3.44. The quantitative estimate of drug-likeness (QED) is 0.674. The van der Waals surface area contributed by atoms with Gasteiger partial charge in [-0.1, -0.05) is 6.07 Å². The molecule has 2 amide bonds. The van der Waals surface area contributed by atoms with E-state index in [1.165, 1.54) is 36.1 Å². The number of rotatable bonds is 4. The smallest absolute Gasteiger partial charge is 0.410 e. The van der Waals surface area contributed by atoms with Gasteiger partial charge in [-0.2, -0.15) is 5.10 Å². The fourth-order valence-corrected chi connectivity index (χ4v) is 3.85. The van der Waals surface area contributed by atoms with Crippen LogP contribution in [0.15, 0.2) is 54.9 Å². The second kappa shape index (κ2) is 8.80. The monoisotopic (exact) mass is 438 g/mol. The summed E-state index contributed by atoms with van der Waals surface area (Å²) in [7, 11) is 0. The molecule has 2 heterocycles. The first-order valence-corrected chi connectivity index (χ1v) is 10.2. The van der Waals surface area contributed by atoms with E-state index in [0.29, 0.717) is 17.9 Å². The molecule has 3 aromatic rings. The lowest BCUT2D eigenvalue weighted by Gasteiger charge is -2.40. The van der Waals surface area contributed by atoms with E-state index < -0.39 is 11.9 Å². The maximum Gasteiger partial charge on any atom is 0.419 e. The van der Waals surface area contributed by atoms with Crippen LogP contribution in [0.25, 0.3) is 11.1 Å². The number of carbonyl (C=O) groups is 2. The van der Waals surface area contributed by atoms with Crippen LogP contribution in [0.4, 0.5) is 20.6 Å². The summed E-state index contributed by atoms with van der Waals surface area (Å²) >= 11 is 0. The fraction of sp³-hybridized carbons (Fsp3) is 0.261. The molecule has 1 N–H and O–H groups in total. The standard InChI is InChI=1S/C23H23FN4O4/c1-15-13-27(23(31)32-20-6-4-19(24)5-7-20)22-11-17(3-8-21(22)28(15)16(2)30)18-12-25-26(14-18)9-10-29/h3-8,11-12,14-15,29H,9-10,13H2,1-2H3. The van der Waals surface area contributed by atoms with Crippen LogP contribution in [0.3, 0.4) is 0 Å². The van der Waals surface area contributed by atoms with E-state index >= 15 is 0 Å². The van der Waals surface area contributed by atoms with Gasteiger partial charge >= 0.3 is 6.09 Å². The van der Waals surface area contributed by atoms with Gasteiger partial charge in [0.2, 0.25) is 5.91 Å². The predicted molar refractivity (Wildman–Crippen MR) is 117 cm³/mol. The second-order valence-electron chi connectivity index (χ2n) is 7.59. The first-order valence-electron chi connectivity index (χ1n) is 10.2. The Morgan fingerprint density at radius 2 is 1.91 bits per heavy atom. The maximum absolute atomic E-state index is 13.2. The third kappa shape index (κ3) is 4.19. The molecular formula is C23H23FN4O4. The van der Waals surface area contributed by atoms with Crippen LogP contribution in [-0.4, -0.2) is 46.1 Å². The molecule has 4 rings (SSSR count). The first-order chi connectivity index (χ1) is 15.4. The van der Waals surface area contributed by atoms with Gasteiger partial charge in [0.05, 0.1) is 36.8 Å². The molecule has 2 aromatic carbocycles. The topological polar surface area (TPSA) is 87.9 Å². The first kappa shape index (κ1) is 21.5. The molecule has 166 valence electrons. The minimum atomic E-state index is -0.624. The Kier molecular flexibility index (Phi) is 5.91. The van der Waals surface area contributed by atoms with E-state index in [1.54, 1.807) is 28.0 Å². The van der Waals surface area contributed by atoms with Crippen molar-refractivity contribution in [3.63, 3.8) is 0 Å². The Morgan fingerprint density at radius 3 is 2.59 bits per heavy atom. The number of anilines is 2. The van der Waals surface area contributed by atoms with Crippen molar-refractivity contribution in [3.8, 4) is 16.9 Å². The van der Waals surface area contributed by atoms with Crippen molar-refractivity contribution in [1.29, 1.82) is 0 Å². The Balaban J connectivity index is 1.72. The second-order valence-corrected chi connectivity index (χ2v) is 7.59. The zero-order chi connectivity index (χ0) is 22.8. The van der Waals surface area contributed by atoms with Gasteiger partial charge in [-0.3, -0.25) is 14.4 Å². The molecule has 8 nitrogen and oxygen atoms in total. The van der Waals surface area contributed by atoms with Crippen molar-refractivity contribution in [2.24, 2.45) is 0 Å². The number of nitrogens with zero attached hydrogens (tertiary/aromatic N) is 4. The highest BCUT2D eigenvalue weighted by atomic mass is 19.1. The highest BCUT2D eigenvalue weighted by Crippen LogP contribution is 2.39. The summed E-state index contributed by atoms with van der Waals surface area (Å²) in [5.41, 5.74) is 2.73. The molecule has 0 bridgehead atoms. The number of fused-ring (bicyclic) bond motifs is 1. The number of hydrogen-bond acceptors (Lipinski definition) is 5. The molecular weight excluding hydrogens is 415 g/mol. The summed E-state index contributed by atoms with van der Waals surface area (Å²) in [4.78, 5) is 28.5. The molecule has 1 aliphatic heterocycles. The molecule has 0 fully saturated rings. The zero-order valence-electron chi connectivity index (χ0n) is 17.7. The van der Waals surface area contributed by atoms with Crippen molar-refractivity contribution >= 4 is 23.4 Å². The molecule has 0 spiro atoms. The van der Waals surface area contributed by atoms with E-state index in [0.717, 1.165) is 11.1 Å². The summed E-state index contributed by atoms with van der Waals surface area (Å²) in [6.07, 6.45) is 2.85. The fourth-order valence-electron chi connectivity index (χ4n) is 3.85. The van der Waals surface area contributed by atoms with Gasteiger partial charge in [0.25, 0.3) is 0 Å². The van der Waals surface area contributed by atoms with Gasteiger partial charge in [-0.15, -0.1) is 0 Å². The number of benzene rings is 2.